The number of ether oxygens (including phenoxy) is 2. The van der Waals surface area contributed by atoms with Crippen molar-refractivity contribution in [3.05, 3.63) is 53.6 Å². The van der Waals surface area contributed by atoms with E-state index in [1.807, 2.05) is 18.2 Å². The molecular formula is C26H36ArF3NO2. The molecule has 0 aliphatic carbocycles. The van der Waals surface area contributed by atoms with Crippen molar-refractivity contribution < 1.29 is 60.4 Å². The summed E-state index contributed by atoms with van der Waals surface area (Å²) in [6.07, 6.45) is 3.59. The first kappa shape index (κ1) is 29.9. The van der Waals surface area contributed by atoms with E-state index in [4.69, 9.17) is 9.47 Å². The number of hydrogen-bond acceptors (Lipinski definition) is 3. The fourth-order valence-corrected chi connectivity index (χ4v) is 3.71. The van der Waals surface area contributed by atoms with Crippen LogP contribution in [-0.4, -0.2) is 26.9 Å². The zero-order valence-electron chi connectivity index (χ0n) is 19.6. The molecule has 0 saturated carbocycles. The Morgan fingerprint density at radius 2 is 1.24 bits per heavy atom. The summed E-state index contributed by atoms with van der Waals surface area (Å²) in [6.45, 7) is 0.831. The van der Waals surface area contributed by atoms with Crippen molar-refractivity contribution in [1.29, 1.82) is 0 Å². The minimum Gasteiger partial charge on any atom is -0.493 e. The Bertz CT molecular complexity index is 782. The fourth-order valence-electron chi connectivity index (χ4n) is 3.71. The SMILES string of the molecule is COc1ccc(NCCc2ccc(CCCCCCCCCC(F)(F)F)cc2)cc1OC.[Ar]. The summed E-state index contributed by atoms with van der Waals surface area (Å²) in [5, 5.41) is 3.42. The van der Waals surface area contributed by atoms with Crippen LogP contribution in [0.25, 0.3) is 0 Å². The van der Waals surface area contributed by atoms with Crippen LogP contribution in [0.1, 0.15) is 62.5 Å². The Kier molecular flexibility index (Phi) is 15.0. The largest absolute Gasteiger partial charge is 0.493 e. The van der Waals surface area contributed by atoms with Crippen molar-refractivity contribution >= 4 is 5.69 Å². The number of nitrogens with one attached hydrogen (secondary N) is 1. The molecule has 0 aliphatic heterocycles. The van der Waals surface area contributed by atoms with Crippen LogP contribution in [0.4, 0.5) is 18.9 Å². The number of aryl methyl sites for hydroxylation is 1. The van der Waals surface area contributed by atoms with Crippen LogP contribution < -0.4 is 14.8 Å². The van der Waals surface area contributed by atoms with Crippen molar-refractivity contribution in [3.63, 3.8) is 0 Å². The average Bonchev–Trinajstić information content (AvgIpc) is 2.78. The van der Waals surface area contributed by atoms with Crippen molar-refractivity contribution in [2.45, 2.75) is 70.4 Å². The van der Waals surface area contributed by atoms with Gasteiger partial charge in [-0.15, -0.1) is 0 Å². The van der Waals surface area contributed by atoms with Gasteiger partial charge in [-0.05, 0) is 48.9 Å². The van der Waals surface area contributed by atoms with E-state index in [0.717, 1.165) is 62.9 Å². The number of alkyl halides is 3. The van der Waals surface area contributed by atoms with Crippen LogP contribution in [0.15, 0.2) is 42.5 Å². The predicted octanol–water partition coefficient (Wildman–Crippen LogP) is 7.58. The van der Waals surface area contributed by atoms with Crippen molar-refractivity contribution in [2.24, 2.45) is 0 Å². The Labute approximate surface area is 226 Å². The normalized spacial score (nSPS) is 11.1. The molecule has 0 spiro atoms. The molecule has 7 heteroatoms. The van der Waals surface area contributed by atoms with Crippen molar-refractivity contribution in [3.8, 4) is 11.5 Å². The third-order valence-corrected chi connectivity index (χ3v) is 5.58. The molecule has 2 aromatic rings. The molecule has 0 atom stereocenters. The summed E-state index contributed by atoms with van der Waals surface area (Å²) >= 11 is 0. The number of hydrogen-bond donors (Lipinski definition) is 1. The maximum absolute atomic E-state index is 12.1. The minimum atomic E-state index is -4.00. The van der Waals surface area contributed by atoms with Crippen LogP contribution in [0.5, 0.6) is 11.5 Å². The Morgan fingerprint density at radius 1 is 0.697 bits per heavy atom. The van der Waals surface area contributed by atoms with E-state index in [2.05, 4.69) is 29.6 Å². The molecule has 0 saturated heterocycles. The Morgan fingerprint density at radius 3 is 1.82 bits per heavy atom. The summed E-state index contributed by atoms with van der Waals surface area (Å²) in [6, 6.07) is 14.6. The standard InChI is InChI=1S/C26H36F3NO2.Ar/c1-31-24-16-15-23(20-25(24)32-2)30-19-17-22-13-11-21(12-14-22)10-8-6-4-3-5-7-9-18-26(27,28)29;/h11-16,20,30H,3-10,17-19H2,1-2H3;. The summed E-state index contributed by atoms with van der Waals surface area (Å²) in [5.74, 6) is 1.43. The molecule has 0 aromatic heterocycles. The second-order valence-electron chi connectivity index (χ2n) is 8.15. The van der Waals surface area contributed by atoms with E-state index in [1.54, 1.807) is 14.2 Å². The monoisotopic (exact) mass is 491 g/mol. The van der Waals surface area contributed by atoms with E-state index in [1.165, 1.54) is 11.1 Å². The molecule has 0 bridgehead atoms. The molecule has 0 aliphatic rings. The van der Waals surface area contributed by atoms with Crippen molar-refractivity contribution in [2.75, 3.05) is 26.1 Å². The van der Waals surface area contributed by atoms with Gasteiger partial charge >= 0.3 is 6.18 Å². The third kappa shape index (κ3) is 12.8. The third-order valence-electron chi connectivity index (χ3n) is 5.58. The van der Waals surface area contributed by atoms with Gasteiger partial charge in [0.15, 0.2) is 11.5 Å². The van der Waals surface area contributed by atoms with E-state index < -0.39 is 12.6 Å². The van der Waals surface area contributed by atoms with Gasteiger partial charge in [0.25, 0.3) is 0 Å². The first-order valence-electron chi connectivity index (χ1n) is 11.5. The second kappa shape index (κ2) is 16.5. The number of unbranched alkanes of at least 4 members (excludes halogenated alkanes) is 6. The molecule has 1 N–H and O–H groups in total. The van der Waals surface area contributed by atoms with Gasteiger partial charge in [-0.25, -0.2) is 0 Å². The number of methoxy groups -OCH3 is 2. The molecule has 2 rings (SSSR count). The maximum atomic E-state index is 12.1. The van der Waals surface area contributed by atoms with Gasteiger partial charge in [0.1, 0.15) is 0 Å². The maximum Gasteiger partial charge on any atom is 0.389 e. The molecule has 186 valence electrons. The molecule has 0 unspecified atom stereocenters. The van der Waals surface area contributed by atoms with E-state index >= 15 is 0 Å². The number of anilines is 1. The van der Waals surface area contributed by atoms with E-state index in [9.17, 15) is 13.2 Å². The molecule has 0 heterocycles. The summed E-state index contributed by atoms with van der Waals surface area (Å²) in [7, 11) is 3.26. The molecule has 0 radical (unpaired) electrons. The second-order valence-corrected chi connectivity index (χ2v) is 8.15. The smallest absolute Gasteiger partial charge is 0.389 e. The number of halogens is 3. The average molecular weight is 492 g/mol. The van der Waals surface area contributed by atoms with Gasteiger partial charge in [-0.2, -0.15) is 13.2 Å². The van der Waals surface area contributed by atoms with Crippen LogP contribution in [0, 0.1) is 37.7 Å². The van der Waals surface area contributed by atoms with Gasteiger partial charge in [-0.3, -0.25) is 0 Å². The van der Waals surface area contributed by atoms with Crippen LogP contribution >= 0.6 is 0 Å². The van der Waals surface area contributed by atoms with Gasteiger partial charge < -0.3 is 14.8 Å². The molecule has 0 amide bonds. The van der Waals surface area contributed by atoms with Gasteiger partial charge in [-0.1, -0.05) is 56.4 Å². The van der Waals surface area contributed by atoms with E-state index in [-0.39, 0.29) is 44.2 Å². The zero-order chi connectivity index (χ0) is 23.2. The zero-order valence-corrected chi connectivity index (χ0v) is 20.3. The minimum absolute atomic E-state index is 0. The molecule has 3 nitrogen and oxygen atoms in total. The molecule has 2 aromatic carbocycles. The van der Waals surface area contributed by atoms with Gasteiger partial charge in [0, 0.05) is 62.5 Å². The van der Waals surface area contributed by atoms with Crippen LogP contribution in [0.3, 0.4) is 0 Å². The van der Waals surface area contributed by atoms with Crippen LogP contribution in [-0.2, 0) is 12.8 Å². The van der Waals surface area contributed by atoms with E-state index in [0.29, 0.717) is 12.2 Å². The first-order chi connectivity index (χ1) is 15.4. The summed E-state index contributed by atoms with van der Waals surface area (Å²) in [5.41, 5.74) is 3.63. The van der Waals surface area contributed by atoms with Gasteiger partial charge in [0.05, 0.1) is 14.2 Å². The Balaban J connectivity index is 0.00000544. The van der Waals surface area contributed by atoms with Crippen molar-refractivity contribution in [1.82, 2.24) is 0 Å². The molecule has 0 fully saturated rings. The predicted molar refractivity (Wildman–Crippen MR) is 125 cm³/mol. The summed E-state index contributed by atoms with van der Waals surface area (Å²) < 4.78 is 46.9. The first-order valence-corrected chi connectivity index (χ1v) is 11.5. The van der Waals surface area contributed by atoms with Gasteiger partial charge in [0.2, 0.25) is 0 Å². The number of benzene rings is 2. The van der Waals surface area contributed by atoms with Crippen LogP contribution in [0.2, 0.25) is 0 Å². The fraction of sp³-hybridized carbons (Fsp3) is 0.538. The molecular weight excluding hydrogens is 455 g/mol. The topological polar surface area (TPSA) is 30.5 Å². The summed E-state index contributed by atoms with van der Waals surface area (Å²) in [4.78, 5) is 0. The molecule has 33 heavy (non-hydrogen) atoms. The Hall–Kier alpha value is -1.11. The quantitative estimate of drug-likeness (QED) is 0.261. The number of rotatable bonds is 15.